The summed E-state index contributed by atoms with van der Waals surface area (Å²) in [6.07, 6.45) is 1.97. The van der Waals surface area contributed by atoms with Crippen molar-refractivity contribution in [1.29, 1.82) is 0 Å². The molecular weight excluding hydrogens is 292 g/mol. The largest absolute Gasteiger partial charge is 0.478 e. The summed E-state index contributed by atoms with van der Waals surface area (Å²) in [5.74, 6) is -0.932. The van der Waals surface area contributed by atoms with Crippen molar-refractivity contribution in [3.8, 4) is 0 Å². The van der Waals surface area contributed by atoms with E-state index >= 15 is 0 Å². The van der Waals surface area contributed by atoms with Crippen LogP contribution in [-0.2, 0) is 10.0 Å². The minimum Gasteiger partial charge on any atom is -0.478 e. The fraction of sp³-hybridized carbons (Fsp3) is 0.500. The van der Waals surface area contributed by atoms with Crippen molar-refractivity contribution < 1.29 is 18.3 Å². The van der Waals surface area contributed by atoms with Gasteiger partial charge >= 0.3 is 5.97 Å². The van der Waals surface area contributed by atoms with Gasteiger partial charge in [0.2, 0.25) is 10.0 Å². The van der Waals surface area contributed by atoms with Gasteiger partial charge in [-0.2, -0.15) is 0 Å². The Morgan fingerprint density at radius 3 is 2.52 bits per heavy atom. The molecule has 0 atom stereocenters. The molecule has 0 radical (unpaired) electrons. The third-order valence-electron chi connectivity index (χ3n) is 4.25. The van der Waals surface area contributed by atoms with Crippen molar-refractivity contribution in [2.75, 3.05) is 12.3 Å². The molecule has 0 aliphatic heterocycles. The van der Waals surface area contributed by atoms with Crippen molar-refractivity contribution >= 4 is 21.7 Å². The second-order valence-electron chi connectivity index (χ2n) is 5.90. The molecule has 6 nitrogen and oxygen atoms in total. The predicted molar refractivity (Wildman–Crippen MR) is 79.5 cm³/mol. The van der Waals surface area contributed by atoms with E-state index in [9.17, 15) is 13.2 Å². The number of carboxylic acid groups (broad SMARTS) is 1. The van der Waals surface area contributed by atoms with Gasteiger partial charge < -0.3 is 10.8 Å². The summed E-state index contributed by atoms with van der Waals surface area (Å²) in [6.45, 7) is 4.46. The third-order valence-corrected chi connectivity index (χ3v) is 5.71. The van der Waals surface area contributed by atoms with Gasteiger partial charge in [-0.25, -0.2) is 17.9 Å². The van der Waals surface area contributed by atoms with E-state index in [1.165, 1.54) is 12.1 Å². The zero-order valence-corrected chi connectivity index (χ0v) is 12.9. The fourth-order valence-corrected chi connectivity index (χ4v) is 3.70. The molecule has 7 heteroatoms. The summed E-state index contributed by atoms with van der Waals surface area (Å²) in [5.41, 5.74) is 5.43. The SMILES string of the molecule is CC(C)C1(CNS(=O)(=O)c2ccc(N)cc2C(=O)O)CC1. The lowest BCUT2D eigenvalue weighted by atomic mass is 9.93. The lowest BCUT2D eigenvalue weighted by Crippen LogP contribution is -2.33. The zero-order chi connectivity index (χ0) is 15.8. The lowest BCUT2D eigenvalue weighted by molar-refractivity contribution is 0.0692. The van der Waals surface area contributed by atoms with E-state index in [-0.39, 0.29) is 21.6 Å². The number of rotatable bonds is 6. The van der Waals surface area contributed by atoms with E-state index in [1.54, 1.807) is 0 Å². The highest BCUT2D eigenvalue weighted by molar-refractivity contribution is 7.89. The first-order chi connectivity index (χ1) is 9.68. The average Bonchev–Trinajstić information content (AvgIpc) is 3.17. The number of hydrogen-bond acceptors (Lipinski definition) is 4. The van der Waals surface area contributed by atoms with Gasteiger partial charge in [-0.05, 0) is 42.4 Å². The summed E-state index contributed by atoms with van der Waals surface area (Å²) < 4.78 is 27.2. The van der Waals surface area contributed by atoms with E-state index in [2.05, 4.69) is 18.6 Å². The van der Waals surface area contributed by atoms with Crippen molar-refractivity contribution in [2.45, 2.75) is 31.6 Å². The van der Waals surface area contributed by atoms with Gasteiger partial charge in [0.05, 0.1) is 10.5 Å². The first-order valence-corrected chi connectivity index (χ1v) is 8.29. The Balaban J connectivity index is 2.26. The highest BCUT2D eigenvalue weighted by Gasteiger charge is 2.45. The number of anilines is 1. The topological polar surface area (TPSA) is 109 Å². The zero-order valence-electron chi connectivity index (χ0n) is 12.1. The highest BCUT2D eigenvalue weighted by atomic mass is 32.2. The second kappa shape index (κ2) is 5.31. The molecule has 0 bridgehead atoms. The smallest absolute Gasteiger partial charge is 0.337 e. The Morgan fingerprint density at radius 2 is 2.05 bits per heavy atom. The maximum absolute atomic E-state index is 12.4. The minimum absolute atomic E-state index is 0.00423. The van der Waals surface area contributed by atoms with Crippen LogP contribution in [-0.4, -0.2) is 26.0 Å². The van der Waals surface area contributed by atoms with Gasteiger partial charge in [-0.3, -0.25) is 0 Å². The fourth-order valence-electron chi connectivity index (χ4n) is 2.38. The van der Waals surface area contributed by atoms with Gasteiger partial charge in [-0.15, -0.1) is 0 Å². The van der Waals surface area contributed by atoms with Gasteiger partial charge in [0, 0.05) is 12.2 Å². The molecule has 1 aromatic carbocycles. The standard InChI is InChI=1S/C14H20N2O4S/c1-9(2)14(5-6-14)8-16-21(19,20)12-4-3-10(15)7-11(12)13(17)18/h3-4,7,9,16H,5-6,8,15H2,1-2H3,(H,17,18). The number of benzene rings is 1. The van der Waals surface area contributed by atoms with Crippen LogP contribution in [0.4, 0.5) is 5.69 Å². The van der Waals surface area contributed by atoms with Crippen LogP contribution in [0.15, 0.2) is 23.1 Å². The minimum atomic E-state index is -3.87. The van der Waals surface area contributed by atoms with E-state index < -0.39 is 16.0 Å². The van der Waals surface area contributed by atoms with Crippen molar-refractivity contribution in [1.82, 2.24) is 4.72 Å². The van der Waals surface area contributed by atoms with Crippen LogP contribution in [0.3, 0.4) is 0 Å². The maximum atomic E-state index is 12.4. The molecule has 1 saturated carbocycles. The number of nitrogens with one attached hydrogen (secondary N) is 1. The predicted octanol–water partition coefficient (Wildman–Crippen LogP) is 1.68. The molecular formula is C14H20N2O4S. The molecule has 1 fully saturated rings. The Bertz CT molecular complexity index is 664. The molecule has 4 N–H and O–H groups in total. The molecule has 0 heterocycles. The number of nitrogens with two attached hydrogens (primary N) is 1. The normalized spacial score (nSPS) is 16.9. The van der Waals surface area contributed by atoms with Crippen LogP contribution in [0, 0.1) is 11.3 Å². The maximum Gasteiger partial charge on any atom is 0.337 e. The van der Waals surface area contributed by atoms with Crippen molar-refractivity contribution in [3.63, 3.8) is 0 Å². The first kappa shape index (κ1) is 15.8. The Morgan fingerprint density at radius 1 is 1.43 bits per heavy atom. The van der Waals surface area contributed by atoms with Gasteiger partial charge in [0.1, 0.15) is 0 Å². The van der Waals surface area contributed by atoms with E-state index in [1.807, 2.05) is 0 Å². The second-order valence-corrected chi connectivity index (χ2v) is 7.64. The quantitative estimate of drug-likeness (QED) is 0.692. The molecule has 0 unspecified atom stereocenters. The third kappa shape index (κ3) is 3.19. The van der Waals surface area contributed by atoms with Crippen LogP contribution in [0.2, 0.25) is 0 Å². The lowest BCUT2D eigenvalue weighted by Gasteiger charge is -2.20. The molecule has 21 heavy (non-hydrogen) atoms. The average molecular weight is 312 g/mol. The monoisotopic (exact) mass is 312 g/mol. The van der Waals surface area contributed by atoms with Crippen LogP contribution in [0.25, 0.3) is 0 Å². The number of carboxylic acids is 1. The van der Waals surface area contributed by atoms with Gasteiger partial charge in [-0.1, -0.05) is 13.8 Å². The van der Waals surface area contributed by atoms with Gasteiger partial charge in [0.15, 0.2) is 0 Å². The van der Waals surface area contributed by atoms with Crippen LogP contribution in [0.1, 0.15) is 37.0 Å². The van der Waals surface area contributed by atoms with Crippen LogP contribution >= 0.6 is 0 Å². The van der Waals surface area contributed by atoms with Gasteiger partial charge in [0.25, 0.3) is 0 Å². The van der Waals surface area contributed by atoms with E-state index in [0.717, 1.165) is 18.9 Å². The first-order valence-electron chi connectivity index (χ1n) is 6.80. The molecule has 0 aromatic heterocycles. The Kier molecular flexibility index (Phi) is 3.99. The number of nitrogen functional groups attached to an aromatic ring is 1. The number of aromatic carboxylic acids is 1. The summed E-state index contributed by atoms with van der Waals surface area (Å²) in [6, 6.07) is 3.78. The molecule has 0 saturated heterocycles. The van der Waals surface area contributed by atoms with Crippen LogP contribution < -0.4 is 10.5 Å². The summed E-state index contributed by atoms with van der Waals surface area (Å²) >= 11 is 0. The molecule has 1 aromatic rings. The molecule has 1 aliphatic rings. The van der Waals surface area contributed by atoms with Crippen LogP contribution in [0.5, 0.6) is 0 Å². The number of hydrogen-bond donors (Lipinski definition) is 3. The summed E-state index contributed by atoms with van der Waals surface area (Å²) in [5, 5.41) is 9.13. The highest BCUT2D eigenvalue weighted by Crippen LogP contribution is 2.51. The summed E-state index contributed by atoms with van der Waals surface area (Å²) in [7, 11) is -3.87. The molecule has 2 rings (SSSR count). The molecule has 0 amide bonds. The molecule has 116 valence electrons. The molecule has 1 aliphatic carbocycles. The molecule has 0 spiro atoms. The Hall–Kier alpha value is -1.60. The Labute approximate surface area is 124 Å². The van der Waals surface area contributed by atoms with Crippen molar-refractivity contribution in [2.24, 2.45) is 11.3 Å². The van der Waals surface area contributed by atoms with Crippen molar-refractivity contribution in [3.05, 3.63) is 23.8 Å². The van der Waals surface area contributed by atoms with E-state index in [4.69, 9.17) is 10.8 Å². The van der Waals surface area contributed by atoms with E-state index in [0.29, 0.717) is 12.5 Å². The summed E-state index contributed by atoms with van der Waals surface area (Å²) in [4.78, 5) is 10.9. The number of sulfonamides is 1. The number of carbonyl (C=O) groups is 1.